The summed E-state index contributed by atoms with van der Waals surface area (Å²) < 4.78 is 2.09. The summed E-state index contributed by atoms with van der Waals surface area (Å²) >= 11 is 13.2. The second-order valence-electron chi connectivity index (χ2n) is 5.38. The molecule has 26 heavy (non-hydrogen) atoms. The highest BCUT2D eigenvalue weighted by atomic mass is 35.5. The van der Waals surface area contributed by atoms with Crippen molar-refractivity contribution in [3.63, 3.8) is 0 Å². The van der Waals surface area contributed by atoms with E-state index in [0.29, 0.717) is 10.0 Å². The van der Waals surface area contributed by atoms with Crippen molar-refractivity contribution in [2.24, 2.45) is 5.10 Å². The number of benzene rings is 2. The van der Waals surface area contributed by atoms with Gasteiger partial charge < -0.3 is 4.57 Å². The summed E-state index contributed by atoms with van der Waals surface area (Å²) in [6, 6.07) is 13.0. The highest BCUT2D eigenvalue weighted by Crippen LogP contribution is 2.24. The van der Waals surface area contributed by atoms with Crippen molar-refractivity contribution in [2.45, 2.75) is 18.6 Å². The number of aryl methyl sites for hydroxylation is 1. The second kappa shape index (κ2) is 8.58. The molecule has 0 bridgehead atoms. The Morgan fingerprint density at radius 2 is 2.08 bits per heavy atom. The molecular weight excluding hydrogens is 391 g/mol. The Balaban J connectivity index is 1.59. The van der Waals surface area contributed by atoms with Gasteiger partial charge in [0.2, 0.25) is 0 Å². The van der Waals surface area contributed by atoms with E-state index >= 15 is 0 Å². The monoisotopic (exact) mass is 406 g/mol. The van der Waals surface area contributed by atoms with E-state index in [1.165, 1.54) is 18.0 Å². The minimum Gasteiger partial charge on any atom is -0.319 e. The van der Waals surface area contributed by atoms with Gasteiger partial charge in [0.25, 0.3) is 5.91 Å². The summed E-state index contributed by atoms with van der Waals surface area (Å²) in [5.74, 6) is 0.0169. The molecule has 0 atom stereocenters. The quantitative estimate of drug-likeness (QED) is 0.369. The molecule has 0 spiro atoms. The number of hydrogen-bond donors (Lipinski definition) is 1. The highest BCUT2D eigenvalue weighted by Gasteiger charge is 2.11. The van der Waals surface area contributed by atoms with Crippen molar-refractivity contribution in [3.8, 4) is 0 Å². The van der Waals surface area contributed by atoms with Gasteiger partial charge in [-0.2, -0.15) is 5.10 Å². The van der Waals surface area contributed by atoms with Crippen LogP contribution in [0, 0.1) is 0 Å². The maximum absolute atomic E-state index is 12.0. The summed E-state index contributed by atoms with van der Waals surface area (Å²) in [4.78, 5) is 16.6. The summed E-state index contributed by atoms with van der Waals surface area (Å²) in [6.07, 6.45) is 1.52. The van der Waals surface area contributed by atoms with Crippen LogP contribution in [0.25, 0.3) is 11.0 Å². The number of imidazole rings is 1. The van der Waals surface area contributed by atoms with Gasteiger partial charge in [-0.3, -0.25) is 4.79 Å². The van der Waals surface area contributed by atoms with Crippen molar-refractivity contribution in [2.75, 3.05) is 5.75 Å². The molecule has 0 fully saturated rings. The SMILES string of the molecule is CCn1c(SCC(=O)N/N=C/c2ccc(Cl)c(Cl)c2)nc2ccccc21. The molecule has 0 unspecified atom stereocenters. The molecule has 1 aromatic heterocycles. The second-order valence-corrected chi connectivity index (χ2v) is 7.14. The first-order valence-corrected chi connectivity index (χ1v) is 9.67. The highest BCUT2D eigenvalue weighted by molar-refractivity contribution is 7.99. The number of carbonyl (C=O) groups excluding carboxylic acids is 1. The van der Waals surface area contributed by atoms with Crippen molar-refractivity contribution < 1.29 is 4.79 Å². The molecular formula is C18H16Cl2N4OS. The zero-order valence-electron chi connectivity index (χ0n) is 13.9. The number of para-hydroxylation sites is 2. The molecule has 1 amide bonds. The Hall–Kier alpha value is -2.02. The van der Waals surface area contributed by atoms with E-state index in [-0.39, 0.29) is 11.7 Å². The van der Waals surface area contributed by atoms with E-state index in [1.807, 2.05) is 24.3 Å². The van der Waals surface area contributed by atoms with Crippen LogP contribution in [0.5, 0.6) is 0 Å². The largest absolute Gasteiger partial charge is 0.319 e. The molecule has 0 aliphatic rings. The van der Waals surface area contributed by atoms with Crippen molar-refractivity contribution in [3.05, 3.63) is 58.1 Å². The van der Waals surface area contributed by atoms with Crippen molar-refractivity contribution >= 4 is 58.1 Å². The number of halogens is 2. The zero-order valence-corrected chi connectivity index (χ0v) is 16.3. The van der Waals surface area contributed by atoms with E-state index in [1.54, 1.807) is 18.2 Å². The molecule has 0 saturated carbocycles. The maximum Gasteiger partial charge on any atom is 0.250 e. The van der Waals surface area contributed by atoms with Gasteiger partial charge in [-0.15, -0.1) is 0 Å². The van der Waals surface area contributed by atoms with Crippen LogP contribution in [0.1, 0.15) is 12.5 Å². The first-order valence-electron chi connectivity index (χ1n) is 7.93. The van der Waals surface area contributed by atoms with Gasteiger partial charge >= 0.3 is 0 Å². The Labute approximate surface area is 165 Å². The molecule has 3 rings (SSSR count). The van der Waals surface area contributed by atoms with Gasteiger partial charge in [-0.1, -0.05) is 53.2 Å². The molecule has 3 aromatic rings. The van der Waals surface area contributed by atoms with Crippen LogP contribution < -0.4 is 5.43 Å². The number of hydrogen-bond acceptors (Lipinski definition) is 4. The molecule has 0 aliphatic carbocycles. The number of rotatable bonds is 6. The fraction of sp³-hybridized carbons (Fsp3) is 0.167. The normalized spacial score (nSPS) is 11.3. The third-order valence-electron chi connectivity index (χ3n) is 3.61. The van der Waals surface area contributed by atoms with E-state index < -0.39 is 0 Å². The number of amides is 1. The van der Waals surface area contributed by atoms with Crippen LogP contribution in [0.4, 0.5) is 0 Å². The average molecular weight is 407 g/mol. The molecule has 0 aliphatic heterocycles. The van der Waals surface area contributed by atoms with Crippen LogP contribution in [0.3, 0.4) is 0 Å². The zero-order chi connectivity index (χ0) is 18.5. The minimum atomic E-state index is -0.207. The molecule has 1 heterocycles. The van der Waals surface area contributed by atoms with Gasteiger partial charge in [-0.25, -0.2) is 10.4 Å². The van der Waals surface area contributed by atoms with Gasteiger partial charge in [0, 0.05) is 6.54 Å². The lowest BCUT2D eigenvalue weighted by molar-refractivity contribution is -0.118. The van der Waals surface area contributed by atoms with Crippen LogP contribution in [0.2, 0.25) is 10.0 Å². The smallest absolute Gasteiger partial charge is 0.250 e. The summed E-state index contributed by atoms with van der Waals surface area (Å²) in [6.45, 7) is 2.85. The predicted octanol–water partition coefficient (Wildman–Crippen LogP) is 4.61. The van der Waals surface area contributed by atoms with E-state index in [4.69, 9.17) is 23.2 Å². The number of aromatic nitrogens is 2. The fourth-order valence-corrected chi connectivity index (χ4v) is 3.58. The lowest BCUT2D eigenvalue weighted by Gasteiger charge is -2.05. The molecule has 2 aromatic carbocycles. The summed E-state index contributed by atoms with van der Waals surface area (Å²) in [5.41, 5.74) is 5.24. The third kappa shape index (κ3) is 4.38. The number of hydrazone groups is 1. The van der Waals surface area contributed by atoms with Crippen LogP contribution in [-0.2, 0) is 11.3 Å². The van der Waals surface area contributed by atoms with Crippen molar-refractivity contribution in [1.29, 1.82) is 0 Å². The third-order valence-corrected chi connectivity index (χ3v) is 5.33. The standard InChI is InChI=1S/C18H16Cl2N4OS/c1-2-24-16-6-4-3-5-15(16)22-18(24)26-11-17(25)23-21-10-12-7-8-13(19)14(20)9-12/h3-10H,2,11H2,1H3,(H,23,25)/b21-10+. The Morgan fingerprint density at radius 1 is 1.27 bits per heavy atom. The number of carbonyl (C=O) groups is 1. The molecule has 8 heteroatoms. The van der Waals surface area contributed by atoms with E-state index in [0.717, 1.165) is 28.3 Å². The molecule has 1 N–H and O–H groups in total. The number of nitrogens with one attached hydrogen (secondary N) is 1. The Morgan fingerprint density at radius 3 is 2.85 bits per heavy atom. The Bertz CT molecular complexity index is 971. The predicted molar refractivity (Wildman–Crippen MR) is 108 cm³/mol. The summed E-state index contributed by atoms with van der Waals surface area (Å²) in [5, 5.41) is 5.68. The molecule has 0 radical (unpaired) electrons. The lowest BCUT2D eigenvalue weighted by atomic mass is 10.2. The Kier molecular flexibility index (Phi) is 6.19. The maximum atomic E-state index is 12.0. The van der Waals surface area contributed by atoms with Gasteiger partial charge in [-0.05, 0) is 36.8 Å². The lowest BCUT2D eigenvalue weighted by Crippen LogP contribution is -2.20. The first-order chi connectivity index (χ1) is 12.6. The van der Waals surface area contributed by atoms with Crippen LogP contribution >= 0.6 is 35.0 Å². The topological polar surface area (TPSA) is 59.3 Å². The molecule has 5 nitrogen and oxygen atoms in total. The van der Waals surface area contributed by atoms with Gasteiger partial charge in [0.05, 0.1) is 33.0 Å². The minimum absolute atomic E-state index is 0.207. The van der Waals surface area contributed by atoms with Crippen LogP contribution in [-0.4, -0.2) is 27.4 Å². The van der Waals surface area contributed by atoms with E-state index in [2.05, 4.69) is 27.0 Å². The average Bonchev–Trinajstić information content (AvgIpc) is 3.00. The molecule has 134 valence electrons. The van der Waals surface area contributed by atoms with Gasteiger partial charge in [0.15, 0.2) is 5.16 Å². The number of nitrogens with zero attached hydrogens (tertiary/aromatic N) is 3. The fourth-order valence-electron chi connectivity index (χ4n) is 2.40. The van der Waals surface area contributed by atoms with E-state index in [9.17, 15) is 4.79 Å². The summed E-state index contributed by atoms with van der Waals surface area (Å²) in [7, 11) is 0. The molecule has 0 saturated heterocycles. The van der Waals surface area contributed by atoms with Crippen LogP contribution in [0.15, 0.2) is 52.7 Å². The van der Waals surface area contributed by atoms with Crippen molar-refractivity contribution in [1.82, 2.24) is 15.0 Å². The first kappa shape index (κ1) is 18.8. The number of thioether (sulfide) groups is 1. The number of fused-ring (bicyclic) bond motifs is 1. The van der Waals surface area contributed by atoms with Gasteiger partial charge in [0.1, 0.15) is 0 Å².